The fraction of sp³-hybridized carbons (Fsp3) is 0.381. The Kier molecular flexibility index (Phi) is 9.21. The topological polar surface area (TPSA) is 73.9 Å². The smallest absolute Gasteiger partial charge is 0.407 e. The highest BCUT2D eigenvalue weighted by atomic mass is 31.2. The summed E-state index contributed by atoms with van der Waals surface area (Å²) in [6, 6.07) is 18.9. The average Bonchev–Trinajstić information content (AvgIpc) is 2.71. The molecule has 152 valence electrons. The lowest BCUT2D eigenvalue weighted by Gasteiger charge is -2.26. The molecule has 1 atom stereocenters. The minimum Gasteiger partial charge on any atom is -0.445 e. The predicted molar refractivity (Wildman–Crippen MR) is 109 cm³/mol. The maximum Gasteiger partial charge on any atom is 0.407 e. The molecule has 0 bridgehead atoms. The lowest BCUT2D eigenvalue weighted by molar-refractivity contribution is 0.139. The summed E-state index contributed by atoms with van der Waals surface area (Å²) in [6.45, 7) is 4.63. The second kappa shape index (κ2) is 11.6. The van der Waals surface area contributed by atoms with Gasteiger partial charge < -0.3 is 19.1 Å². The summed E-state index contributed by atoms with van der Waals surface area (Å²) < 4.78 is 29.6. The molecule has 0 saturated carbocycles. The van der Waals surface area contributed by atoms with Gasteiger partial charge in [0.15, 0.2) is 0 Å². The predicted octanol–water partition coefficient (Wildman–Crippen LogP) is 5.31. The van der Waals surface area contributed by atoms with Crippen LogP contribution in [-0.2, 0) is 25.0 Å². The molecule has 0 saturated heterocycles. The molecular formula is C21H28NO5P. The third-order valence-electron chi connectivity index (χ3n) is 4.08. The van der Waals surface area contributed by atoms with E-state index in [-0.39, 0.29) is 26.4 Å². The Labute approximate surface area is 166 Å². The lowest BCUT2D eigenvalue weighted by atomic mass is 10.1. The molecule has 0 radical (unpaired) electrons. The van der Waals surface area contributed by atoms with E-state index in [4.69, 9.17) is 13.8 Å². The van der Waals surface area contributed by atoms with Crippen molar-refractivity contribution in [2.45, 2.75) is 32.5 Å². The van der Waals surface area contributed by atoms with Crippen molar-refractivity contribution in [3.8, 4) is 0 Å². The summed E-state index contributed by atoms with van der Waals surface area (Å²) in [5.74, 6) is 0. The molecule has 2 aromatic rings. The van der Waals surface area contributed by atoms with Gasteiger partial charge in [0.25, 0.3) is 0 Å². The summed E-state index contributed by atoms with van der Waals surface area (Å²) in [4.78, 5) is 12.0. The third-order valence-corrected chi connectivity index (χ3v) is 6.64. The maximum absolute atomic E-state index is 13.3. The molecule has 1 unspecified atom stereocenters. The van der Waals surface area contributed by atoms with Crippen molar-refractivity contribution in [1.29, 1.82) is 0 Å². The Balaban J connectivity index is 1.96. The quantitative estimate of drug-likeness (QED) is 0.513. The van der Waals surface area contributed by atoms with Gasteiger partial charge in [-0.15, -0.1) is 0 Å². The van der Waals surface area contributed by atoms with E-state index in [2.05, 4.69) is 5.32 Å². The zero-order valence-corrected chi connectivity index (χ0v) is 17.3. The molecule has 7 heteroatoms. The molecule has 0 fully saturated rings. The van der Waals surface area contributed by atoms with Gasteiger partial charge in [0.1, 0.15) is 6.61 Å². The SMILES string of the molecule is CCOP(=O)(OCC)C(CCNC(=O)OCc1ccccc1)c1ccccc1. The highest BCUT2D eigenvalue weighted by Gasteiger charge is 2.36. The Hall–Kier alpha value is -2.14. The van der Waals surface area contributed by atoms with Gasteiger partial charge in [-0.05, 0) is 31.4 Å². The molecule has 2 aromatic carbocycles. The van der Waals surface area contributed by atoms with E-state index in [9.17, 15) is 9.36 Å². The fourth-order valence-corrected chi connectivity index (χ4v) is 4.98. The van der Waals surface area contributed by atoms with Gasteiger partial charge in [-0.3, -0.25) is 4.57 Å². The van der Waals surface area contributed by atoms with Gasteiger partial charge in [-0.2, -0.15) is 0 Å². The molecule has 1 amide bonds. The first kappa shape index (κ1) is 22.2. The number of benzene rings is 2. The number of nitrogens with one attached hydrogen (secondary N) is 1. The molecular weight excluding hydrogens is 377 g/mol. The largest absolute Gasteiger partial charge is 0.445 e. The van der Waals surface area contributed by atoms with E-state index in [1.165, 1.54) is 0 Å². The zero-order chi connectivity index (χ0) is 20.2. The molecule has 0 heterocycles. The Bertz CT molecular complexity index is 744. The highest BCUT2D eigenvalue weighted by Crippen LogP contribution is 2.62. The van der Waals surface area contributed by atoms with Crippen LogP contribution in [0.15, 0.2) is 60.7 Å². The minimum absolute atomic E-state index is 0.200. The molecule has 0 aliphatic carbocycles. The van der Waals surface area contributed by atoms with Crippen molar-refractivity contribution < 1.29 is 23.1 Å². The summed E-state index contributed by atoms with van der Waals surface area (Å²) in [7, 11) is -3.37. The number of hydrogen-bond acceptors (Lipinski definition) is 5. The van der Waals surface area contributed by atoms with Crippen LogP contribution in [0.25, 0.3) is 0 Å². The van der Waals surface area contributed by atoms with Crippen molar-refractivity contribution in [2.75, 3.05) is 19.8 Å². The third kappa shape index (κ3) is 6.79. The van der Waals surface area contributed by atoms with Gasteiger partial charge in [-0.25, -0.2) is 4.79 Å². The fourth-order valence-electron chi connectivity index (χ4n) is 2.84. The van der Waals surface area contributed by atoms with Crippen molar-refractivity contribution in [1.82, 2.24) is 5.32 Å². The number of carbonyl (C=O) groups is 1. The van der Waals surface area contributed by atoms with E-state index in [1.54, 1.807) is 13.8 Å². The average molecular weight is 405 g/mol. The van der Waals surface area contributed by atoms with Gasteiger partial charge in [0, 0.05) is 6.54 Å². The molecule has 0 spiro atoms. The van der Waals surface area contributed by atoms with Crippen LogP contribution >= 0.6 is 7.60 Å². The summed E-state index contributed by atoms with van der Waals surface area (Å²) in [5.41, 5.74) is 1.30. The van der Waals surface area contributed by atoms with E-state index in [0.717, 1.165) is 11.1 Å². The van der Waals surface area contributed by atoms with E-state index in [1.807, 2.05) is 60.7 Å². The molecule has 0 aliphatic heterocycles. The zero-order valence-electron chi connectivity index (χ0n) is 16.4. The molecule has 0 aromatic heterocycles. The van der Waals surface area contributed by atoms with Crippen molar-refractivity contribution in [3.05, 3.63) is 71.8 Å². The Morgan fingerprint density at radius 1 is 0.964 bits per heavy atom. The van der Waals surface area contributed by atoms with Crippen molar-refractivity contribution in [3.63, 3.8) is 0 Å². The summed E-state index contributed by atoms with van der Waals surface area (Å²) in [5, 5.41) is 2.72. The monoisotopic (exact) mass is 405 g/mol. The number of carbonyl (C=O) groups excluding carboxylic acids is 1. The van der Waals surface area contributed by atoms with Crippen LogP contribution in [-0.4, -0.2) is 25.9 Å². The van der Waals surface area contributed by atoms with Gasteiger partial charge in [0.05, 0.1) is 18.9 Å². The lowest BCUT2D eigenvalue weighted by Crippen LogP contribution is -2.26. The first-order valence-electron chi connectivity index (χ1n) is 9.47. The first-order valence-corrected chi connectivity index (χ1v) is 11.1. The molecule has 6 nitrogen and oxygen atoms in total. The van der Waals surface area contributed by atoms with Crippen LogP contribution in [0.4, 0.5) is 4.79 Å². The van der Waals surface area contributed by atoms with Gasteiger partial charge in [-0.1, -0.05) is 60.7 Å². The van der Waals surface area contributed by atoms with Crippen molar-refractivity contribution in [2.24, 2.45) is 0 Å². The van der Waals surface area contributed by atoms with Crippen LogP contribution in [0, 0.1) is 0 Å². The van der Waals surface area contributed by atoms with Crippen molar-refractivity contribution >= 4 is 13.7 Å². The van der Waals surface area contributed by atoms with Gasteiger partial charge >= 0.3 is 13.7 Å². The van der Waals surface area contributed by atoms with Crippen LogP contribution in [0.1, 0.15) is 37.1 Å². The van der Waals surface area contributed by atoms with Crippen LogP contribution in [0.5, 0.6) is 0 Å². The minimum atomic E-state index is -3.37. The second-order valence-corrected chi connectivity index (χ2v) is 8.30. The van der Waals surface area contributed by atoms with Crippen LogP contribution in [0.2, 0.25) is 0 Å². The number of amides is 1. The molecule has 28 heavy (non-hydrogen) atoms. The standard InChI is InChI=1S/C21H28NO5P/c1-3-26-28(24,27-4-2)20(19-13-9-6-10-14-19)15-16-22-21(23)25-17-18-11-7-5-8-12-18/h5-14,20H,3-4,15-17H2,1-2H3,(H,22,23). The number of hydrogen-bond donors (Lipinski definition) is 1. The molecule has 1 N–H and O–H groups in total. The Morgan fingerprint density at radius 3 is 2.11 bits per heavy atom. The first-order chi connectivity index (χ1) is 13.6. The molecule has 2 rings (SSSR count). The summed E-state index contributed by atoms with van der Waals surface area (Å²) in [6.07, 6.45) is -0.111. The van der Waals surface area contributed by atoms with Crippen LogP contribution in [0.3, 0.4) is 0 Å². The van der Waals surface area contributed by atoms with Gasteiger partial charge in [0.2, 0.25) is 0 Å². The number of ether oxygens (including phenoxy) is 1. The van der Waals surface area contributed by atoms with Crippen LogP contribution < -0.4 is 5.32 Å². The summed E-state index contributed by atoms with van der Waals surface area (Å²) >= 11 is 0. The normalized spacial score (nSPS) is 12.4. The maximum atomic E-state index is 13.3. The molecule has 0 aliphatic rings. The highest BCUT2D eigenvalue weighted by molar-refractivity contribution is 7.54. The van der Waals surface area contributed by atoms with E-state index in [0.29, 0.717) is 6.42 Å². The second-order valence-electron chi connectivity index (χ2n) is 6.08. The number of alkyl carbamates (subject to hydrolysis) is 1. The van der Waals surface area contributed by atoms with E-state index < -0.39 is 19.3 Å². The Morgan fingerprint density at radius 2 is 1.54 bits per heavy atom. The van der Waals surface area contributed by atoms with E-state index >= 15 is 0 Å². The number of rotatable bonds is 11.